The lowest BCUT2D eigenvalue weighted by Crippen LogP contribution is -2.40. The van der Waals surface area contributed by atoms with Gasteiger partial charge in [-0.3, -0.25) is 4.79 Å². The SMILES string of the molecule is CC(=O)N1CCC(Oc2cccc(OCc3nc4ccccc4c(OCc4ccccc4)c3C)c2)CC1. The Hall–Kier alpha value is -4.06. The molecule has 0 unspecified atom stereocenters. The van der Waals surface area contributed by atoms with Crippen molar-refractivity contribution < 1.29 is 19.0 Å². The van der Waals surface area contributed by atoms with Crippen molar-refractivity contribution in [1.82, 2.24) is 9.88 Å². The number of ether oxygens (including phenoxy) is 3. The number of para-hydroxylation sites is 1. The maximum Gasteiger partial charge on any atom is 0.219 e. The molecule has 0 radical (unpaired) electrons. The van der Waals surface area contributed by atoms with Gasteiger partial charge in [0.05, 0.1) is 11.2 Å². The van der Waals surface area contributed by atoms with Gasteiger partial charge in [-0.2, -0.15) is 0 Å². The van der Waals surface area contributed by atoms with Crippen LogP contribution in [0, 0.1) is 6.92 Å². The Kier molecular flexibility index (Phi) is 7.54. The molecule has 1 aliphatic heterocycles. The van der Waals surface area contributed by atoms with E-state index in [4.69, 9.17) is 19.2 Å². The van der Waals surface area contributed by atoms with Gasteiger partial charge in [0.25, 0.3) is 0 Å². The molecule has 1 amide bonds. The second kappa shape index (κ2) is 11.3. The van der Waals surface area contributed by atoms with Crippen LogP contribution in [0.15, 0.2) is 78.9 Å². The molecular formula is C31H32N2O4. The molecule has 0 bridgehead atoms. The molecule has 1 saturated heterocycles. The minimum Gasteiger partial charge on any atom is -0.490 e. The molecule has 0 spiro atoms. The first-order valence-electron chi connectivity index (χ1n) is 12.8. The Morgan fingerprint density at radius 1 is 0.892 bits per heavy atom. The van der Waals surface area contributed by atoms with Crippen molar-refractivity contribution in [2.24, 2.45) is 0 Å². The number of nitrogens with zero attached hydrogens (tertiary/aromatic N) is 2. The number of hydrogen-bond donors (Lipinski definition) is 0. The van der Waals surface area contributed by atoms with Gasteiger partial charge in [-0.25, -0.2) is 4.98 Å². The maximum absolute atomic E-state index is 11.6. The molecule has 1 aliphatic rings. The predicted molar refractivity (Wildman–Crippen MR) is 144 cm³/mol. The van der Waals surface area contributed by atoms with Crippen LogP contribution in [0.3, 0.4) is 0 Å². The summed E-state index contributed by atoms with van der Waals surface area (Å²) in [6, 6.07) is 25.9. The van der Waals surface area contributed by atoms with Crippen LogP contribution in [0.25, 0.3) is 10.9 Å². The first-order chi connectivity index (χ1) is 18.1. The van der Waals surface area contributed by atoms with Crippen LogP contribution >= 0.6 is 0 Å². The number of hydrogen-bond acceptors (Lipinski definition) is 5. The first-order valence-corrected chi connectivity index (χ1v) is 12.8. The number of aromatic nitrogens is 1. The van der Waals surface area contributed by atoms with E-state index >= 15 is 0 Å². The van der Waals surface area contributed by atoms with E-state index in [1.165, 1.54) is 0 Å². The number of pyridine rings is 1. The third-order valence-corrected chi connectivity index (χ3v) is 6.77. The Morgan fingerprint density at radius 2 is 1.62 bits per heavy atom. The van der Waals surface area contributed by atoms with Gasteiger partial charge in [-0.1, -0.05) is 48.5 Å². The van der Waals surface area contributed by atoms with Crippen molar-refractivity contribution in [1.29, 1.82) is 0 Å². The van der Waals surface area contributed by atoms with Gasteiger partial charge < -0.3 is 19.1 Å². The van der Waals surface area contributed by atoms with Crippen molar-refractivity contribution in [2.45, 2.75) is 46.0 Å². The summed E-state index contributed by atoms with van der Waals surface area (Å²) in [7, 11) is 0. The molecule has 6 nitrogen and oxygen atoms in total. The number of amides is 1. The van der Waals surface area contributed by atoms with Gasteiger partial charge in [0, 0.05) is 49.9 Å². The van der Waals surface area contributed by atoms with Crippen LogP contribution in [-0.2, 0) is 18.0 Å². The summed E-state index contributed by atoms with van der Waals surface area (Å²) in [5, 5.41) is 0.992. The molecule has 190 valence electrons. The van der Waals surface area contributed by atoms with Crippen LogP contribution in [-0.4, -0.2) is 35.0 Å². The molecule has 37 heavy (non-hydrogen) atoms. The molecule has 3 aromatic carbocycles. The molecule has 2 heterocycles. The Bertz CT molecular complexity index is 1360. The summed E-state index contributed by atoms with van der Waals surface area (Å²) in [6.07, 6.45) is 1.76. The number of carbonyl (C=O) groups excluding carboxylic acids is 1. The molecule has 0 saturated carbocycles. The van der Waals surface area contributed by atoms with Gasteiger partial charge in [-0.05, 0) is 36.8 Å². The molecule has 6 heteroatoms. The zero-order valence-corrected chi connectivity index (χ0v) is 21.4. The zero-order chi connectivity index (χ0) is 25.6. The molecule has 1 fully saturated rings. The third kappa shape index (κ3) is 6.02. The zero-order valence-electron chi connectivity index (χ0n) is 21.4. The van der Waals surface area contributed by atoms with E-state index in [9.17, 15) is 4.79 Å². The molecule has 1 aromatic heterocycles. The third-order valence-electron chi connectivity index (χ3n) is 6.77. The fourth-order valence-corrected chi connectivity index (χ4v) is 4.65. The number of fused-ring (bicyclic) bond motifs is 1. The monoisotopic (exact) mass is 496 g/mol. The van der Waals surface area contributed by atoms with Gasteiger partial charge in [0.1, 0.15) is 36.6 Å². The average molecular weight is 497 g/mol. The fraction of sp³-hybridized carbons (Fsp3) is 0.290. The number of carbonyl (C=O) groups is 1. The van der Waals surface area contributed by atoms with Crippen molar-refractivity contribution in [2.75, 3.05) is 13.1 Å². The summed E-state index contributed by atoms with van der Waals surface area (Å²) in [6.45, 7) is 5.92. The van der Waals surface area contributed by atoms with Crippen molar-refractivity contribution in [3.05, 3.63) is 95.7 Å². The van der Waals surface area contributed by atoms with E-state index in [1.807, 2.05) is 78.6 Å². The van der Waals surface area contributed by atoms with E-state index in [-0.39, 0.29) is 12.0 Å². The van der Waals surface area contributed by atoms with Crippen LogP contribution in [0.2, 0.25) is 0 Å². The highest BCUT2D eigenvalue weighted by atomic mass is 16.5. The smallest absolute Gasteiger partial charge is 0.219 e. The summed E-state index contributed by atoms with van der Waals surface area (Å²) in [5.74, 6) is 2.45. The minimum atomic E-state index is 0.0968. The highest BCUT2D eigenvalue weighted by molar-refractivity contribution is 5.86. The predicted octanol–water partition coefficient (Wildman–Crippen LogP) is 6.09. The standard InChI is InChI=1S/C31H32N2O4/c1-22-30(32-29-14-7-6-13-28(29)31(22)36-20-24-9-4-3-5-10-24)21-35-26-11-8-12-27(19-26)37-25-15-17-33(18-16-25)23(2)34/h3-14,19,25H,15-18,20-21H2,1-2H3. The molecule has 5 rings (SSSR count). The number of benzene rings is 3. The van der Waals surface area contributed by atoms with Crippen molar-refractivity contribution in [3.63, 3.8) is 0 Å². The number of likely N-dealkylation sites (tertiary alicyclic amines) is 1. The fourth-order valence-electron chi connectivity index (χ4n) is 4.65. The quantitative estimate of drug-likeness (QED) is 0.295. The van der Waals surface area contributed by atoms with Gasteiger partial charge >= 0.3 is 0 Å². The second-order valence-electron chi connectivity index (χ2n) is 9.39. The largest absolute Gasteiger partial charge is 0.490 e. The number of rotatable bonds is 8. The summed E-state index contributed by atoms with van der Waals surface area (Å²) >= 11 is 0. The summed E-state index contributed by atoms with van der Waals surface area (Å²) < 4.78 is 18.7. The lowest BCUT2D eigenvalue weighted by Gasteiger charge is -2.31. The van der Waals surface area contributed by atoms with Gasteiger partial charge in [0.2, 0.25) is 5.91 Å². The molecule has 0 atom stereocenters. The Balaban J connectivity index is 1.28. The highest BCUT2D eigenvalue weighted by Gasteiger charge is 2.22. The van der Waals surface area contributed by atoms with E-state index in [0.29, 0.717) is 13.2 Å². The van der Waals surface area contributed by atoms with E-state index in [1.54, 1.807) is 6.92 Å². The van der Waals surface area contributed by atoms with Crippen LogP contribution in [0.1, 0.15) is 36.6 Å². The molecule has 0 aliphatic carbocycles. The van der Waals surface area contributed by atoms with E-state index in [0.717, 1.165) is 70.9 Å². The minimum absolute atomic E-state index is 0.0968. The molecule has 0 N–H and O–H groups in total. The second-order valence-corrected chi connectivity index (χ2v) is 9.39. The van der Waals surface area contributed by atoms with Gasteiger partial charge in [-0.15, -0.1) is 0 Å². The van der Waals surface area contributed by atoms with E-state index < -0.39 is 0 Å². The van der Waals surface area contributed by atoms with Crippen LogP contribution in [0.4, 0.5) is 0 Å². The Labute approximate surface area is 217 Å². The van der Waals surface area contributed by atoms with Crippen LogP contribution < -0.4 is 14.2 Å². The van der Waals surface area contributed by atoms with Crippen LogP contribution in [0.5, 0.6) is 17.2 Å². The topological polar surface area (TPSA) is 60.9 Å². The molecular weight excluding hydrogens is 464 g/mol. The van der Waals surface area contributed by atoms with Crippen molar-refractivity contribution >= 4 is 16.8 Å². The van der Waals surface area contributed by atoms with E-state index in [2.05, 4.69) is 12.1 Å². The summed E-state index contributed by atoms with van der Waals surface area (Å²) in [4.78, 5) is 18.3. The highest BCUT2D eigenvalue weighted by Crippen LogP contribution is 2.32. The average Bonchev–Trinajstić information content (AvgIpc) is 2.92. The molecule has 4 aromatic rings. The normalized spacial score (nSPS) is 13.9. The van der Waals surface area contributed by atoms with Crippen molar-refractivity contribution in [3.8, 4) is 17.2 Å². The summed E-state index contributed by atoms with van der Waals surface area (Å²) in [5.41, 5.74) is 3.80. The number of piperidine rings is 1. The Morgan fingerprint density at radius 3 is 2.41 bits per heavy atom. The lowest BCUT2D eigenvalue weighted by molar-refractivity contribution is -0.130. The lowest BCUT2D eigenvalue weighted by atomic mass is 10.1. The van der Waals surface area contributed by atoms with Gasteiger partial charge in [0.15, 0.2) is 0 Å². The maximum atomic E-state index is 11.6. The first kappa shape index (κ1) is 24.6.